The van der Waals surface area contributed by atoms with E-state index in [9.17, 15) is 0 Å². The van der Waals surface area contributed by atoms with Crippen LogP contribution in [0.15, 0.2) is 0 Å². The molecule has 0 unspecified atom stereocenters. The molecular formula is C5H12O2S. The highest BCUT2D eigenvalue weighted by Gasteiger charge is 1.95. The summed E-state index contributed by atoms with van der Waals surface area (Å²) in [7, 11) is 0. The Morgan fingerprint density at radius 1 is 1.00 bits per heavy atom. The molecule has 0 aromatic heterocycles. The normalized spacial score (nSPS) is 9.00. The molecule has 2 nitrogen and oxygen atoms in total. The van der Waals surface area contributed by atoms with E-state index in [0.717, 1.165) is 0 Å². The summed E-state index contributed by atoms with van der Waals surface area (Å²) >= 11 is -0.750. The van der Waals surface area contributed by atoms with E-state index in [0.29, 0.717) is 5.41 Å². The highest BCUT2D eigenvalue weighted by atomic mass is 32.1. The van der Waals surface area contributed by atoms with Gasteiger partial charge in [0.15, 0.2) is 0 Å². The minimum absolute atomic E-state index is 0.500. The fraction of sp³-hybridized carbons (Fsp3) is 1.00. The second-order valence-electron chi connectivity index (χ2n) is 3.07. The molecule has 0 N–H and O–H groups in total. The Balaban J connectivity index is 0. The Hall–Kier alpha value is -0.180. The van der Waals surface area contributed by atoms with Gasteiger partial charge in [-0.15, -0.1) is 0 Å². The maximum atomic E-state index is 8.29. The molecule has 3 heteroatoms. The zero-order valence-electron chi connectivity index (χ0n) is 5.72. The van der Waals surface area contributed by atoms with Gasteiger partial charge in [0.2, 0.25) is 0 Å². The molecule has 0 aliphatic carbocycles. The van der Waals surface area contributed by atoms with Crippen molar-refractivity contribution in [2.24, 2.45) is 5.41 Å². The zero-order chi connectivity index (χ0) is 7.21. The number of hydrogen-bond donors (Lipinski definition) is 0. The lowest BCUT2D eigenvalue weighted by Crippen LogP contribution is -1.93. The minimum atomic E-state index is -0.750. The first-order valence-corrected chi connectivity index (χ1v) is 3.00. The van der Waals surface area contributed by atoms with E-state index in [-0.39, 0.29) is 0 Å². The molecule has 0 saturated heterocycles. The molecule has 0 atom stereocenters. The smallest absolute Gasteiger partial charge is 0.168 e. The first-order chi connectivity index (χ1) is 3.41. The highest BCUT2D eigenvalue weighted by molar-refractivity contribution is 7.51. The molecule has 0 bridgehead atoms. The van der Waals surface area contributed by atoms with Gasteiger partial charge in [-0.2, -0.15) is 8.42 Å². The van der Waals surface area contributed by atoms with Gasteiger partial charge in [0.1, 0.15) is 0 Å². The summed E-state index contributed by atoms with van der Waals surface area (Å²) in [5, 5.41) is 0. The third-order valence-electron chi connectivity index (χ3n) is 0. The standard InChI is InChI=1S/C5H12.O2S/c1-5(2,3)4;1-3-2/h1-4H3;. The lowest BCUT2D eigenvalue weighted by molar-refractivity contribution is 0.469. The van der Waals surface area contributed by atoms with E-state index in [1.54, 1.807) is 0 Å². The van der Waals surface area contributed by atoms with Gasteiger partial charge in [0, 0.05) is 0 Å². The van der Waals surface area contributed by atoms with E-state index in [2.05, 4.69) is 27.7 Å². The van der Waals surface area contributed by atoms with Crippen LogP contribution in [0.25, 0.3) is 0 Å². The molecule has 0 heterocycles. The monoisotopic (exact) mass is 136 g/mol. The zero-order valence-corrected chi connectivity index (χ0v) is 6.54. The fourth-order valence-electron chi connectivity index (χ4n) is 0. The average Bonchev–Trinajstić information content (AvgIpc) is 1.27. The molecule has 0 aliphatic heterocycles. The molecule has 0 radical (unpaired) electrons. The van der Waals surface area contributed by atoms with Crippen LogP contribution in [0.4, 0.5) is 0 Å². The van der Waals surface area contributed by atoms with Crippen molar-refractivity contribution in [2.45, 2.75) is 27.7 Å². The van der Waals surface area contributed by atoms with Crippen LogP contribution in [0.5, 0.6) is 0 Å². The van der Waals surface area contributed by atoms with E-state index in [4.69, 9.17) is 8.42 Å². The Morgan fingerprint density at radius 2 is 1.00 bits per heavy atom. The summed E-state index contributed by atoms with van der Waals surface area (Å²) in [4.78, 5) is 0. The largest absolute Gasteiger partial charge is 0.335 e. The van der Waals surface area contributed by atoms with Crippen molar-refractivity contribution in [3.05, 3.63) is 0 Å². The number of rotatable bonds is 0. The van der Waals surface area contributed by atoms with Gasteiger partial charge < -0.3 is 0 Å². The van der Waals surface area contributed by atoms with Crippen molar-refractivity contribution in [2.75, 3.05) is 0 Å². The van der Waals surface area contributed by atoms with Crippen molar-refractivity contribution in [3.8, 4) is 0 Å². The fourth-order valence-corrected chi connectivity index (χ4v) is 0. The first-order valence-electron chi connectivity index (χ1n) is 2.33. The summed E-state index contributed by atoms with van der Waals surface area (Å²) in [6, 6.07) is 0. The van der Waals surface area contributed by atoms with Crippen molar-refractivity contribution in [1.82, 2.24) is 0 Å². The second-order valence-corrected chi connectivity index (χ2v) is 3.20. The van der Waals surface area contributed by atoms with Crippen LogP contribution in [0.1, 0.15) is 27.7 Å². The highest BCUT2D eigenvalue weighted by Crippen LogP contribution is 2.07. The van der Waals surface area contributed by atoms with Crippen LogP contribution < -0.4 is 0 Å². The third-order valence-corrected chi connectivity index (χ3v) is 0. The number of hydrogen-bond acceptors (Lipinski definition) is 2. The topological polar surface area (TPSA) is 34.1 Å². The molecule has 0 saturated carbocycles. The van der Waals surface area contributed by atoms with E-state index in [1.807, 2.05) is 0 Å². The Bertz CT molecular complexity index is 70.9. The van der Waals surface area contributed by atoms with Gasteiger partial charge in [0.05, 0.1) is 0 Å². The Morgan fingerprint density at radius 3 is 1.00 bits per heavy atom. The van der Waals surface area contributed by atoms with Gasteiger partial charge in [0.25, 0.3) is 0 Å². The van der Waals surface area contributed by atoms with Crippen LogP contribution in [-0.4, -0.2) is 8.42 Å². The van der Waals surface area contributed by atoms with E-state index >= 15 is 0 Å². The van der Waals surface area contributed by atoms with Crippen LogP contribution in [0.3, 0.4) is 0 Å². The molecule has 0 rings (SSSR count). The van der Waals surface area contributed by atoms with Gasteiger partial charge in [-0.25, -0.2) is 0 Å². The van der Waals surface area contributed by atoms with Crippen molar-refractivity contribution >= 4 is 11.6 Å². The van der Waals surface area contributed by atoms with Gasteiger partial charge in [-0.05, 0) is 5.41 Å². The summed E-state index contributed by atoms with van der Waals surface area (Å²) in [6.07, 6.45) is 0. The molecule has 0 aliphatic rings. The summed E-state index contributed by atoms with van der Waals surface area (Å²) in [5.74, 6) is 0. The van der Waals surface area contributed by atoms with Gasteiger partial charge in [-0.1, -0.05) is 27.7 Å². The van der Waals surface area contributed by atoms with Crippen molar-refractivity contribution in [1.29, 1.82) is 0 Å². The van der Waals surface area contributed by atoms with Crippen LogP contribution in [-0.2, 0) is 11.6 Å². The quantitative estimate of drug-likeness (QED) is 0.504. The van der Waals surface area contributed by atoms with Gasteiger partial charge in [-0.3, -0.25) is 0 Å². The lowest BCUT2D eigenvalue weighted by atomic mass is 10.0. The summed E-state index contributed by atoms with van der Waals surface area (Å²) < 4.78 is 16.6. The predicted molar refractivity (Wildman–Crippen MR) is 34.0 cm³/mol. The third kappa shape index (κ3) is 4170. The second kappa shape index (κ2) is 4.97. The maximum absolute atomic E-state index is 8.29. The molecule has 0 aromatic rings. The van der Waals surface area contributed by atoms with Crippen molar-refractivity contribution < 1.29 is 8.42 Å². The molecule has 0 fully saturated rings. The van der Waals surface area contributed by atoms with Crippen LogP contribution in [0.2, 0.25) is 0 Å². The SMILES string of the molecule is CC(C)(C)C.O=S=O. The summed E-state index contributed by atoms with van der Waals surface area (Å²) in [6.45, 7) is 8.75. The average molecular weight is 136 g/mol. The first kappa shape index (κ1) is 10.7. The van der Waals surface area contributed by atoms with Gasteiger partial charge >= 0.3 is 11.6 Å². The molecular weight excluding hydrogens is 124 g/mol. The predicted octanol–water partition coefficient (Wildman–Crippen LogP) is 1.38. The maximum Gasteiger partial charge on any atom is 0.335 e. The molecule has 0 spiro atoms. The molecule has 8 heavy (non-hydrogen) atoms. The summed E-state index contributed by atoms with van der Waals surface area (Å²) in [5.41, 5.74) is 0.500. The Labute approximate surface area is 53.9 Å². The molecule has 50 valence electrons. The molecule has 0 aromatic carbocycles. The lowest BCUT2D eigenvalue weighted by Gasteiger charge is -2.05. The van der Waals surface area contributed by atoms with Crippen LogP contribution in [0, 0.1) is 5.41 Å². The van der Waals surface area contributed by atoms with E-state index in [1.165, 1.54) is 0 Å². The van der Waals surface area contributed by atoms with Crippen molar-refractivity contribution in [3.63, 3.8) is 0 Å². The molecule has 0 amide bonds. The van der Waals surface area contributed by atoms with Crippen LogP contribution >= 0.6 is 0 Å². The Kier molecular flexibility index (Phi) is 6.67. The minimum Gasteiger partial charge on any atom is -0.168 e. The van der Waals surface area contributed by atoms with E-state index < -0.39 is 11.6 Å².